The third-order valence-corrected chi connectivity index (χ3v) is 3.16. The lowest BCUT2D eigenvalue weighted by Crippen LogP contribution is -2.19. The molecular weight excluding hydrogens is 242 g/mol. The predicted octanol–water partition coefficient (Wildman–Crippen LogP) is 1.78. The molecule has 19 heavy (non-hydrogen) atoms. The lowest BCUT2D eigenvalue weighted by molar-refractivity contribution is 0.0594. The standard InChI is InChI=1S/C14H13N3O2/c1-19-13(18)12-6-7-15-14(16-12)17-8-10-4-2-3-5-11(10)9-17/h2-7H,8-9H2,1H3. The van der Waals surface area contributed by atoms with Gasteiger partial charge in [-0.15, -0.1) is 0 Å². The maximum atomic E-state index is 11.5. The quantitative estimate of drug-likeness (QED) is 0.766. The average Bonchev–Trinajstić information content (AvgIpc) is 2.90. The van der Waals surface area contributed by atoms with Gasteiger partial charge in [0.15, 0.2) is 5.69 Å². The summed E-state index contributed by atoms with van der Waals surface area (Å²) in [5.74, 6) is 0.111. The van der Waals surface area contributed by atoms with Crippen LogP contribution in [-0.4, -0.2) is 23.0 Å². The molecule has 1 aromatic carbocycles. The minimum atomic E-state index is -0.444. The van der Waals surface area contributed by atoms with E-state index < -0.39 is 5.97 Å². The van der Waals surface area contributed by atoms with Gasteiger partial charge in [0.25, 0.3) is 0 Å². The molecule has 1 aliphatic rings. The van der Waals surface area contributed by atoms with Crippen molar-refractivity contribution in [1.82, 2.24) is 9.97 Å². The molecule has 0 radical (unpaired) electrons. The molecule has 0 amide bonds. The third kappa shape index (κ3) is 2.14. The van der Waals surface area contributed by atoms with Crippen LogP contribution in [0.15, 0.2) is 36.5 Å². The van der Waals surface area contributed by atoms with Crippen LogP contribution in [0.25, 0.3) is 0 Å². The van der Waals surface area contributed by atoms with Gasteiger partial charge in [-0.25, -0.2) is 14.8 Å². The van der Waals surface area contributed by atoms with E-state index in [0.29, 0.717) is 5.95 Å². The molecule has 0 fully saturated rings. The summed E-state index contributed by atoms with van der Waals surface area (Å²) >= 11 is 0. The number of methoxy groups -OCH3 is 1. The molecule has 5 nitrogen and oxygen atoms in total. The van der Waals surface area contributed by atoms with E-state index in [-0.39, 0.29) is 5.69 Å². The lowest BCUT2D eigenvalue weighted by Gasteiger charge is -2.15. The van der Waals surface area contributed by atoms with Gasteiger partial charge in [-0.05, 0) is 17.2 Å². The van der Waals surface area contributed by atoms with Gasteiger partial charge in [-0.2, -0.15) is 0 Å². The van der Waals surface area contributed by atoms with E-state index in [1.165, 1.54) is 18.2 Å². The first-order valence-corrected chi connectivity index (χ1v) is 6.01. The van der Waals surface area contributed by atoms with Crippen LogP contribution in [0.3, 0.4) is 0 Å². The first kappa shape index (κ1) is 11.6. The molecule has 0 saturated carbocycles. The van der Waals surface area contributed by atoms with Gasteiger partial charge in [0.2, 0.25) is 5.95 Å². The highest BCUT2D eigenvalue weighted by Crippen LogP contribution is 2.25. The van der Waals surface area contributed by atoms with E-state index in [9.17, 15) is 4.79 Å². The number of esters is 1. The fourth-order valence-electron chi connectivity index (χ4n) is 2.19. The van der Waals surface area contributed by atoms with Crippen molar-refractivity contribution in [2.75, 3.05) is 12.0 Å². The summed E-state index contributed by atoms with van der Waals surface area (Å²) < 4.78 is 4.67. The predicted molar refractivity (Wildman–Crippen MR) is 69.7 cm³/mol. The van der Waals surface area contributed by atoms with Crippen LogP contribution in [0.1, 0.15) is 21.6 Å². The van der Waals surface area contributed by atoms with Gasteiger partial charge in [-0.1, -0.05) is 24.3 Å². The Morgan fingerprint density at radius 3 is 2.53 bits per heavy atom. The van der Waals surface area contributed by atoms with Crippen molar-refractivity contribution in [2.45, 2.75) is 13.1 Å². The van der Waals surface area contributed by atoms with E-state index in [0.717, 1.165) is 13.1 Å². The number of anilines is 1. The summed E-state index contributed by atoms with van der Waals surface area (Å²) in [4.78, 5) is 22.0. The second-order valence-corrected chi connectivity index (χ2v) is 4.36. The molecule has 0 spiro atoms. The second kappa shape index (κ2) is 4.68. The molecule has 0 N–H and O–H groups in total. The molecule has 3 rings (SSSR count). The number of benzene rings is 1. The van der Waals surface area contributed by atoms with Crippen LogP contribution in [0.4, 0.5) is 5.95 Å². The maximum Gasteiger partial charge on any atom is 0.356 e. The molecule has 0 aliphatic carbocycles. The van der Waals surface area contributed by atoms with Crippen LogP contribution in [0.5, 0.6) is 0 Å². The molecule has 96 valence electrons. The van der Waals surface area contributed by atoms with Crippen LogP contribution >= 0.6 is 0 Å². The molecule has 2 heterocycles. The van der Waals surface area contributed by atoms with Crippen molar-refractivity contribution < 1.29 is 9.53 Å². The lowest BCUT2D eigenvalue weighted by atomic mass is 10.1. The summed E-state index contributed by atoms with van der Waals surface area (Å²) in [6, 6.07) is 9.79. The van der Waals surface area contributed by atoms with Crippen molar-refractivity contribution in [1.29, 1.82) is 0 Å². The van der Waals surface area contributed by atoms with Crippen molar-refractivity contribution >= 4 is 11.9 Å². The summed E-state index contributed by atoms with van der Waals surface area (Å²) in [6.07, 6.45) is 1.58. The van der Waals surface area contributed by atoms with E-state index in [1.54, 1.807) is 12.3 Å². The highest BCUT2D eigenvalue weighted by molar-refractivity contribution is 5.87. The molecule has 0 unspecified atom stereocenters. The Bertz CT molecular complexity index is 603. The largest absolute Gasteiger partial charge is 0.464 e. The summed E-state index contributed by atoms with van der Waals surface area (Å²) in [6.45, 7) is 1.53. The average molecular weight is 255 g/mol. The van der Waals surface area contributed by atoms with Crippen LogP contribution < -0.4 is 4.90 Å². The van der Waals surface area contributed by atoms with E-state index in [2.05, 4.69) is 26.8 Å². The highest BCUT2D eigenvalue weighted by atomic mass is 16.5. The minimum absolute atomic E-state index is 0.281. The van der Waals surface area contributed by atoms with Gasteiger partial charge < -0.3 is 9.64 Å². The van der Waals surface area contributed by atoms with E-state index in [4.69, 9.17) is 0 Å². The number of ether oxygens (including phenoxy) is 1. The van der Waals surface area contributed by atoms with E-state index in [1.807, 2.05) is 17.0 Å². The van der Waals surface area contributed by atoms with Gasteiger partial charge in [0.05, 0.1) is 7.11 Å². The minimum Gasteiger partial charge on any atom is -0.464 e. The molecule has 0 saturated heterocycles. The zero-order valence-corrected chi connectivity index (χ0v) is 10.5. The Labute approximate surface area is 110 Å². The number of aromatic nitrogens is 2. The zero-order chi connectivity index (χ0) is 13.2. The van der Waals surface area contributed by atoms with Gasteiger partial charge in [0.1, 0.15) is 0 Å². The summed E-state index contributed by atoms with van der Waals surface area (Å²) in [7, 11) is 1.34. The Morgan fingerprint density at radius 2 is 1.89 bits per heavy atom. The zero-order valence-electron chi connectivity index (χ0n) is 10.5. The number of rotatable bonds is 2. The van der Waals surface area contributed by atoms with E-state index >= 15 is 0 Å². The number of nitrogens with zero attached hydrogens (tertiary/aromatic N) is 3. The van der Waals surface area contributed by atoms with Crippen LogP contribution in [-0.2, 0) is 17.8 Å². The topological polar surface area (TPSA) is 55.3 Å². The van der Waals surface area contributed by atoms with Crippen molar-refractivity contribution in [3.8, 4) is 0 Å². The Kier molecular flexibility index (Phi) is 2.87. The molecule has 1 aromatic heterocycles. The SMILES string of the molecule is COC(=O)c1ccnc(N2Cc3ccccc3C2)n1. The molecule has 0 atom stereocenters. The first-order chi connectivity index (χ1) is 9.28. The Balaban J connectivity index is 1.87. The number of hydrogen-bond donors (Lipinski definition) is 0. The highest BCUT2D eigenvalue weighted by Gasteiger charge is 2.21. The Morgan fingerprint density at radius 1 is 1.21 bits per heavy atom. The van der Waals surface area contributed by atoms with Crippen LogP contribution in [0.2, 0.25) is 0 Å². The smallest absolute Gasteiger partial charge is 0.356 e. The first-order valence-electron chi connectivity index (χ1n) is 6.01. The number of carbonyl (C=O) groups is 1. The van der Waals surface area contributed by atoms with Crippen molar-refractivity contribution in [2.24, 2.45) is 0 Å². The molecule has 5 heteroatoms. The Hall–Kier alpha value is -2.43. The number of hydrogen-bond acceptors (Lipinski definition) is 5. The molecule has 1 aliphatic heterocycles. The van der Waals surface area contributed by atoms with Crippen molar-refractivity contribution in [3.05, 3.63) is 53.3 Å². The summed E-state index contributed by atoms with van der Waals surface area (Å²) in [5, 5.41) is 0. The van der Waals surface area contributed by atoms with Gasteiger partial charge in [0, 0.05) is 19.3 Å². The molecular formula is C14H13N3O2. The van der Waals surface area contributed by atoms with Crippen molar-refractivity contribution in [3.63, 3.8) is 0 Å². The number of carbonyl (C=O) groups excluding carboxylic acids is 1. The fraction of sp³-hybridized carbons (Fsp3) is 0.214. The fourth-order valence-corrected chi connectivity index (χ4v) is 2.19. The monoisotopic (exact) mass is 255 g/mol. The third-order valence-electron chi connectivity index (χ3n) is 3.16. The molecule has 2 aromatic rings. The van der Waals surface area contributed by atoms with Gasteiger partial charge in [-0.3, -0.25) is 0 Å². The van der Waals surface area contributed by atoms with Crippen LogP contribution in [0, 0.1) is 0 Å². The second-order valence-electron chi connectivity index (χ2n) is 4.36. The number of fused-ring (bicyclic) bond motifs is 1. The normalized spacial score (nSPS) is 13.2. The maximum absolute atomic E-state index is 11.5. The summed E-state index contributed by atoms with van der Waals surface area (Å²) in [5.41, 5.74) is 2.83. The molecule has 0 bridgehead atoms. The van der Waals surface area contributed by atoms with Gasteiger partial charge >= 0.3 is 5.97 Å².